The maximum atomic E-state index is 13.3. The highest BCUT2D eigenvalue weighted by molar-refractivity contribution is 7.09. The van der Waals surface area contributed by atoms with Crippen LogP contribution in [0.1, 0.15) is 51.8 Å². The average molecular weight is 598 g/mol. The maximum Gasteiger partial charge on any atom is 0.300 e. The van der Waals surface area contributed by atoms with Gasteiger partial charge >= 0.3 is 0 Å². The normalized spacial score (nSPS) is 19.0. The summed E-state index contributed by atoms with van der Waals surface area (Å²) >= 11 is 1.52. The number of fused-ring (bicyclic) bond motifs is 4. The summed E-state index contributed by atoms with van der Waals surface area (Å²) in [4.78, 5) is 56.3. The number of thiazole rings is 1. The first-order valence-corrected chi connectivity index (χ1v) is 14.6. The van der Waals surface area contributed by atoms with Crippen LogP contribution in [-0.4, -0.2) is 88.1 Å². The van der Waals surface area contributed by atoms with Gasteiger partial charge in [-0.15, -0.1) is 11.3 Å². The van der Waals surface area contributed by atoms with E-state index in [0.717, 1.165) is 23.2 Å². The lowest BCUT2D eigenvalue weighted by molar-refractivity contribution is -0.134. The van der Waals surface area contributed by atoms with E-state index in [0.29, 0.717) is 57.3 Å². The highest BCUT2D eigenvalue weighted by atomic mass is 32.1. The smallest absolute Gasteiger partial charge is 0.300 e. The van der Waals surface area contributed by atoms with Crippen molar-refractivity contribution in [3.63, 3.8) is 0 Å². The Bertz CT molecular complexity index is 1420. The van der Waals surface area contributed by atoms with Gasteiger partial charge in [-0.05, 0) is 38.0 Å². The Morgan fingerprint density at radius 2 is 1.88 bits per heavy atom. The Morgan fingerprint density at radius 1 is 1.12 bits per heavy atom. The van der Waals surface area contributed by atoms with Gasteiger partial charge < -0.3 is 29.5 Å². The van der Waals surface area contributed by atoms with Crippen molar-refractivity contribution in [3.05, 3.63) is 63.4 Å². The van der Waals surface area contributed by atoms with Gasteiger partial charge in [-0.3, -0.25) is 19.2 Å². The zero-order valence-electron chi connectivity index (χ0n) is 23.9. The summed E-state index contributed by atoms with van der Waals surface area (Å²) in [5.41, 5.74) is 1.96. The van der Waals surface area contributed by atoms with Crippen molar-refractivity contribution in [1.82, 2.24) is 25.3 Å². The van der Waals surface area contributed by atoms with Gasteiger partial charge in [0.1, 0.15) is 18.1 Å². The fraction of sp³-hybridized carbons (Fsp3) is 0.448. The van der Waals surface area contributed by atoms with Gasteiger partial charge in [0.2, 0.25) is 11.8 Å². The molecular formula is C29H35N5O7S. The fourth-order valence-electron chi connectivity index (χ4n) is 5.03. The Balaban J connectivity index is 0.000000952. The third-order valence-corrected chi connectivity index (χ3v) is 7.79. The number of benzene rings is 1. The summed E-state index contributed by atoms with van der Waals surface area (Å²) in [6.07, 6.45) is 0.798. The van der Waals surface area contributed by atoms with Crippen molar-refractivity contribution >= 4 is 35.0 Å². The minimum atomic E-state index is -0.833. The maximum absolute atomic E-state index is 13.3. The molecule has 42 heavy (non-hydrogen) atoms. The zero-order chi connectivity index (χ0) is 30.2. The number of nitrogens with one attached hydrogen (secondary N) is 1. The second-order valence-corrected chi connectivity index (χ2v) is 11.3. The van der Waals surface area contributed by atoms with Gasteiger partial charge in [-0.25, -0.2) is 4.98 Å². The molecule has 2 aromatic heterocycles. The molecule has 2 aliphatic rings. The predicted molar refractivity (Wildman–Crippen MR) is 153 cm³/mol. The fourth-order valence-corrected chi connectivity index (χ4v) is 5.64. The summed E-state index contributed by atoms with van der Waals surface area (Å²) in [7, 11) is 0. The molecule has 0 aliphatic carbocycles. The molecule has 1 aromatic carbocycles. The van der Waals surface area contributed by atoms with Crippen LogP contribution in [0.2, 0.25) is 0 Å². The molecule has 1 fully saturated rings. The standard InChI is InChI=1S/C27H31N5O5S.C2H4O2/c1-17-11-24(30-37-17)27(35)31-8-4-7-28-26(34)23-15-32(25(33)13-20-16-38-18(2)29-20)14-22(23)19-5-3-6-21(12-19)36-10-9-31;1-2(3)4/h3,5-6,11-12,16,22-23H,4,7-10,13-15H2,1-2H3,(H,28,34);1H3,(H,3,4)/t22-,23+;/m1./s1. The van der Waals surface area contributed by atoms with Crippen molar-refractivity contribution in [2.45, 2.75) is 39.5 Å². The highest BCUT2D eigenvalue weighted by Gasteiger charge is 2.40. The molecule has 2 aliphatic heterocycles. The van der Waals surface area contributed by atoms with Crippen molar-refractivity contribution < 1.29 is 33.5 Å². The number of hydrogen-bond acceptors (Lipinski definition) is 9. The molecule has 224 valence electrons. The van der Waals surface area contributed by atoms with E-state index in [2.05, 4.69) is 15.5 Å². The zero-order valence-corrected chi connectivity index (χ0v) is 24.7. The lowest BCUT2D eigenvalue weighted by Crippen LogP contribution is -2.39. The Morgan fingerprint density at radius 3 is 2.57 bits per heavy atom. The minimum Gasteiger partial charge on any atom is -0.492 e. The summed E-state index contributed by atoms with van der Waals surface area (Å²) in [5, 5.41) is 17.1. The SMILES string of the molecule is CC(=O)O.Cc1cc(C(=O)N2CCCNC(=O)[C@H]3CN(C(=O)Cc4csc(C)n4)C[C@@H]3c3cccc(c3)OCC2)no1. The van der Waals surface area contributed by atoms with Gasteiger partial charge in [-0.1, -0.05) is 17.3 Å². The van der Waals surface area contributed by atoms with Gasteiger partial charge in [0.25, 0.3) is 11.9 Å². The second kappa shape index (κ2) is 14.1. The van der Waals surface area contributed by atoms with Crippen LogP contribution in [0.3, 0.4) is 0 Å². The Hall–Kier alpha value is -4.26. The molecule has 2 atom stereocenters. The van der Waals surface area contributed by atoms with Crippen LogP contribution in [0.5, 0.6) is 5.75 Å². The van der Waals surface area contributed by atoms with Crippen LogP contribution in [-0.2, 0) is 20.8 Å². The molecule has 2 bridgehead atoms. The van der Waals surface area contributed by atoms with Crippen LogP contribution in [0.25, 0.3) is 0 Å². The third kappa shape index (κ3) is 8.15. The average Bonchev–Trinajstić information content (AvgIpc) is 3.69. The summed E-state index contributed by atoms with van der Waals surface area (Å²) < 4.78 is 11.1. The van der Waals surface area contributed by atoms with E-state index in [1.54, 1.807) is 22.8 Å². The quantitative estimate of drug-likeness (QED) is 0.464. The number of amides is 3. The first-order valence-electron chi connectivity index (χ1n) is 13.7. The molecular weight excluding hydrogens is 562 g/mol. The molecule has 13 heteroatoms. The molecule has 1 saturated heterocycles. The van der Waals surface area contributed by atoms with E-state index in [-0.39, 0.29) is 41.7 Å². The van der Waals surface area contributed by atoms with Crippen molar-refractivity contribution in [2.75, 3.05) is 39.3 Å². The molecule has 5 rings (SSSR count). The second-order valence-electron chi connectivity index (χ2n) is 10.2. The van der Waals surface area contributed by atoms with Gasteiger partial charge in [0.05, 0.1) is 29.6 Å². The molecule has 0 radical (unpaired) electrons. The van der Waals surface area contributed by atoms with E-state index in [1.165, 1.54) is 11.3 Å². The number of aromatic nitrogens is 2. The predicted octanol–water partition coefficient (Wildman–Crippen LogP) is 2.66. The van der Waals surface area contributed by atoms with Gasteiger partial charge in [0, 0.05) is 50.5 Å². The van der Waals surface area contributed by atoms with Crippen LogP contribution < -0.4 is 10.1 Å². The van der Waals surface area contributed by atoms with E-state index in [1.807, 2.05) is 36.6 Å². The minimum absolute atomic E-state index is 0.0295. The third-order valence-electron chi connectivity index (χ3n) is 6.96. The lowest BCUT2D eigenvalue weighted by Gasteiger charge is -2.24. The Labute approximate surface area is 247 Å². The number of aliphatic carboxylic acids is 1. The number of aryl methyl sites for hydroxylation is 2. The van der Waals surface area contributed by atoms with E-state index in [4.69, 9.17) is 19.2 Å². The number of nitrogens with zero attached hydrogens (tertiary/aromatic N) is 4. The highest BCUT2D eigenvalue weighted by Crippen LogP contribution is 2.35. The molecule has 4 heterocycles. The summed E-state index contributed by atoms with van der Waals surface area (Å²) in [6, 6.07) is 9.28. The number of carbonyl (C=O) groups is 4. The van der Waals surface area contributed by atoms with Crippen LogP contribution in [0, 0.1) is 19.8 Å². The molecule has 3 amide bonds. The van der Waals surface area contributed by atoms with Crippen LogP contribution in [0.4, 0.5) is 0 Å². The van der Waals surface area contributed by atoms with E-state index >= 15 is 0 Å². The molecule has 2 N–H and O–H groups in total. The molecule has 0 spiro atoms. The van der Waals surface area contributed by atoms with Gasteiger partial charge in [0.15, 0.2) is 5.69 Å². The Kier molecular flexibility index (Phi) is 10.3. The van der Waals surface area contributed by atoms with Crippen LogP contribution in [0.15, 0.2) is 40.2 Å². The van der Waals surface area contributed by atoms with E-state index < -0.39 is 5.97 Å². The lowest BCUT2D eigenvalue weighted by atomic mass is 9.88. The number of likely N-dealkylation sites (tertiary alicyclic amines) is 1. The first kappa shape index (κ1) is 30.7. The number of carbonyl (C=O) groups excluding carboxylic acids is 3. The number of hydrogen-bond donors (Lipinski definition) is 2. The monoisotopic (exact) mass is 597 g/mol. The van der Waals surface area contributed by atoms with Gasteiger partial charge in [-0.2, -0.15) is 0 Å². The topological polar surface area (TPSA) is 155 Å². The molecule has 12 nitrogen and oxygen atoms in total. The largest absolute Gasteiger partial charge is 0.492 e. The summed E-state index contributed by atoms with van der Waals surface area (Å²) in [5.74, 6) is -0.497. The van der Waals surface area contributed by atoms with Crippen molar-refractivity contribution in [2.24, 2.45) is 5.92 Å². The number of carboxylic acid groups (broad SMARTS) is 1. The number of rotatable bonds is 3. The molecule has 0 saturated carbocycles. The van der Waals surface area contributed by atoms with Crippen molar-refractivity contribution in [3.8, 4) is 5.75 Å². The molecule has 0 unspecified atom stereocenters. The van der Waals surface area contributed by atoms with E-state index in [9.17, 15) is 14.4 Å². The van der Waals surface area contributed by atoms with Crippen LogP contribution >= 0.6 is 11.3 Å². The molecule has 3 aromatic rings. The van der Waals surface area contributed by atoms with Crippen molar-refractivity contribution in [1.29, 1.82) is 0 Å². The number of ether oxygens (including phenoxy) is 1. The summed E-state index contributed by atoms with van der Waals surface area (Å²) in [6.45, 7) is 7.07. The number of carboxylic acids is 1. The first-order chi connectivity index (χ1) is 20.1.